The topological polar surface area (TPSA) is 23.8 Å². The average Bonchev–Trinajstić information content (AvgIpc) is 2.01. The molecule has 1 nitrogen and oxygen atoms in total. The summed E-state index contributed by atoms with van der Waals surface area (Å²) in [7, 11) is 0. The van der Waals surface area contributed by atoms with Crippen LogP contribution in [0.25, 0.3) is 0 Å². The molecule has 0 saturated heterocycles. The zero-order valence-corrected chi connectivity index (χ0v) is 8.55. The van der Waals surface area contributed by atoms with Crippen LogP contribution in [-0.4, -0.2) is 0 Å². The number of hydrogen-bond donors (Lipinski definition) is 0. The Morgan fingerprint density at radius 3 is 2.50 bits per heavy atom. The molecule has 1 rings (SSSR count). The lowest BCUT2D eigenvalue weighted by atomic mass is 10.00. The number of nitriles is 1. The molecule has 0 bridgehead atoms. The van der Waals surface area contributed by atoms with Gasteiger partial charge in [-0.1, -0.05) is 19.9 Å². The molecule has 0 spiro atoms. The van der Waals surface area contributed by atoms with Gasteiger partial charge in [0.05, 0.1) is 12.5 Å². The predicted molar refractivity (Wildman–Crippen MR) is 54.3 cm³/mol. The first-order chi connectivity index (χ1) is 6.61. The van der Waals surface area contributed by atoms with Crippen molar-refractivity contribution in [2.75, 3.05) is 0 Å². The van der Waals surface area contributed by atoms with Crippen LogP contribution in [0.15, 0.2) is 18.2 Å². The zero-order chi connectivity index (χ0) is 10.6. The summed E-state index contributed by atoms with van der Waals surface area (Å²) in [5.41, 5.74) is 1.74. The van der Waals surface area contributed by atoms with E-state index < -0.39 is 0 Å². The van der Waals surface area contributed by atoms with E-state index in [2.05, 4.69) is 13.8 Å². The van der Waals surface area contributed by atoms with Gasteiger partial charge in [0.2, 0.25) is 0 Å². The monoisotopic (exact) mass is 191 g/mol. The summed E-state index contributed by atoms with van der Waals surface area (Å²) in [5, 5.41) is 8.51. The molecule has 0 N–H and O–H groups in total. The van der Waals surface area contributed by atoms with Crippen LogP contribution in [0, 0.1) is 23.1 Å². The van der Waals surface area contributed by atoms with Crippen LogP contribution < -0.4 is 0 Å². The van der Waals surface area contributed by atoms with Crippen molar-refractivity contribution in [1.29, 1.82) is 5.26 Å². The third-order valence-electron chi connectivity index (χ3n) is 1.94. The van der Waals surface area contributed by atoms with Crippen molar-refractivity contribution >= 4 is 0 Å². The van der Waals surface area contributed by atoms with E-state index in [0.29, 0.717) is 5.92 Å². The highest BCUT2D eigenvalue weighted by Gasteiger charge is 2.02. The van der Waals surface area contributed by atoms with Gasteiger partial charge >= 0.3 is 0 Å². The lowest BCUT2D eigenvalue weighted by Crippen LogP contribution is -1.96. The molecule has 0 fully saturated rings. The maximum Gasteiger partial charge on any atom is 0.123 e. The summed E-state index contributed by atoms with van der Waals surface area (Å²) in [4.78, 5) is 0. The molecule has 0 aliphatic carbocycles. The van der Waals surface area contributed by atoms with E-state index in [0.717, 1.165) is 17.5 Å². The van der Waals surface area contributed by atoms with E-state index in [9.17, 15) is 4.39 Å². The standard InChI is InChI=1S/C12H14FN/c1-9(2)5-11-6-10(3-4-14)7-12(13)8-11/h6-9H,3,5H2,1-2H3. The minimum atomic E-state index is -0.242. The van der Waals surface area contributed by atoms with Crippen molar-refractivity contribution in [3.63, 3.8) is 0 Å². The fourth-order valence-corrected chi connectivity index (χ4v) is 1.50. The van der Waals surface area contributed by atoms with E-state index in [-0.39, 0.29) is 12.2 Å². The van der Waals surface area contributed by atoms with Gasteiger partial charge in [-0.15, -0.1) is 0 Å². The van der Waals surface area contributed by atoms with Gasteiger partial charge in [-0.05, 0) is 35.6 Å². The first-order valence-electron chi connectivity index (χ1n) is 4.77. The molecule has 1 aromatic carbocycles. The Morgan fingerprint density at radius 1 is 1.29 bits per heavy atom. The summed E-state index contributed by atoms with van der Waals surface area (Å²) in [6, 6.07) is 6.90. The molecule has 14 heavy (non-hydrogen) atoms. The van der Waals surface area contributed by atoms with E-state index in [1.165, 1.54) is 6.07 Å². The third-order valence-corrected chi connectivity index (χ3v) is 1.94. The molecule has 2 heteroatoms. The first-order valence-corrected chi connectivity index (χ1v) is 4.77. The normalized spacial score (nSPS) is 10.2. The van der Waals surface area contributed by atoms with Gasteiger partial charge in [-0.3, -0.25) is 0 Å². The number of halogens is 1. The highest BCUT2D eigenvalue weighted by atomic mass is 19.1. The third kappa shape index (κ3) is 3.18. The molecule has 0 aliphatic heterocycles. The van der Waals surface area contributed by atoms with Gasteiger partial charge in [-0.25, -0.2) is 4.39 Å². The molecular weight excluding hydrogens is 177 g/mol. The highest BCUT2D eigenvalue weighted by Crippen LogP contribution is 2.13. The summed E-state index contributed by atoms with van der Waals surface area (Å²) in [6.07, 6.45) is 1.14. The Balaban J connectivity index is 2.90. The largest absolute Gasteiger partial charge is 0.207 e. The molecule has 0 aromatic heterocycles. The molecule has 0 saturated carbocycles. The fourth-order valence-electron chi connectivity index (χ4n) is 1.50. The molecule has 0 atom stereocenters. The van der Waals surface area contributed by atoms with Crippen LogP contribution in [0.4, 0.5) is 4.39 Å². The van der Waals surface area contributed by atoms with Crippen molar-refractivity contribution in [1.82, 2.24) is 0 Å². The maximum atomic E-state index is 13.1. The van der Waals surface area contributed by atoms with Crippen LogP contribution in [0.5, 0.6) is 0 Å². The quantitative estimate of drug-likeness (QED) is 0.720. The maximum absolute atomic E-state index is 13.1. The minimum absolute atomic E-state index is 0.242. The Hall–Kier alpha value is -1.36. The second kappa shape index (κ2) is 4.76. The smallest absolute Gasteiger partial charge is 0.123 e. The number of benzene rings is 1. The van der Waals surface area contributed by atoms with E-state index in [1.807, 2.05) is 12.1 Å². The Kier molecular flexibility index (Phi) is 3.64. The Labute approximate surface area is 84.2 Å². The van der Waals surface area contributed by atoms with Crippen molar-refractivity contribution in [3.05, 3.63) is 35.1 Å². The van der Waals surface area contributed by atoms with Crippen LogP contribution >= 0.6 is 0 Å². The SMILES string of the molecule is CC(C)Cc1cc(F)cc(CC#N)c1. The van der Waals surface area contributed by atoms with Gasteiger partial charge in [0.15, 0.2) is 0 Å². The zero-order valence-electron chi connectivity index (χ0n) is 8.55. The van der Waals surface area contributed by atoms with Crippen LogP contribution in [0.3, 0.4) is 0 Å². The molecular formula is C12H14FN. The van der Waals surface area contributed by atoms with Gasteiger partial charge in [0.1, 0.15) is 5.82 Å². The molecule has 0 heterocycles. The first kappa shape index (κ1) is 10.7. The van der Waals surface area contributed by atoms with Crippen LogP contribution in [0.1, 0.15) is 25.0 Å². The Morgan fingerprint density at radius 2 is 1.93 bits per heavy atom. The lowest BCUT2D eigenvalue weighted by molar-refractivity contribution is 0.611. The van der Waals surface area contributed by atoms with Crippen molar-refractivity contribution in [2.45, 2.75) is 26.7 Å². The lowest BCUT2D eigenvalue weighted by Gasteiger charge is -2.06. The van der Waals surface area contributed by atoms with Gasteiger partial charge < -0.3 is 0 Å². The number of hydrogen-bond acceptors (Lipinski definition) is 1. The van der Waals surface area contributed by atoms with E-state index in [4.69, 9.17) is 5.26 Å². The Bertz CT molecular complexity index is 350. The molecule has 0 radical (unpaired) electrons. The van der Waals surface area contributed by atoms with E-state index in [1.54, 1.807) is 6.07 Å². The number of rotatable bonds is 3. The van der Waals surface area contributed by atoms with Crippen molar-refractivity contribution < 1.29 is 4.39 Å². The van der Waals surface area contributed by atoms with Crippen molar-refractivity contribution in [3.8, 4) is 6.07 Å². The minimum Gasteiger partial charge on any atom is -0.207 e. The summed E-state index contributed by atoms with van der Waals surface area (Å²) >= 11 is 0. The molecule has 0 unspecified atom stereocenters. The average molecular weight is 191 g/mol. The summed E-state index contributed by atoms with van der Waals surface area (Å²) in [6.45, 7) is 4.18. The second-order valence-electron chi connectivity index (χ2n) is 3.90. The summed E-state index contributed by atoms with van der Waals surface area (Å²) < 4.78 is 13.1. The van der Waals surface area contributed by atoms with E-state index >= 15 is 0 Å². The van der Waals surface area contributed by atoms with Gasteiger partial charge in [0.25, 0.3) is 0 Å². The highest BCUT2D eigenvalue weighted by molar-refractivity contribution is 5.26. The second-order valence-corrected chi connectivity index (χ2v) is 3.90. The molecule has 0 aliphatic rings. The molecule has 74 valence electrons. The predicted octanol–water partition coefficient (Wildman–Crippen LogP) is 3.09. The summed E-state index contributed by atoms with van der Waals surface area (Å²) in [5.74, 6) is 0.264. The van der Waals surface area contributed by atoms with Gasteiger partial charge in [0, 0.05) is 0 Å². The van der Waals surface area contributed by atoms with Crippen molar-refractivity contribution in [2.24, 2.45) is 5.92 Å². The fraction of sp³-hybridized carbons (Fsp3) is 0.417. The molecule has 0 amide bonds. The number of nitrogens with zero attached hydrogens (tertiary/aromatic N) is 1. The van der Waals surface area contributed by atoms with Gasteiger partial charge in [-0.2, -0.15) is 5.26 Å². The van der Waals surface area contributed by atoms with Crippen LogP contribution in [-0.2, 0) is 12.8 Å². The van der Waals surface area contributed by atoms with Crippen LogP contribution in [0.2, 0.25) is 0 Å². The molecule has 1 aromatic rings.